The van der Waals surface area contributed by atoms with E-state index in [2.05, 4.69) is 5.32 Å². The third-order valence-corrected chi connectivity index (χ3v) is 3.08. The first-order chi connectivity index (χ1) is 10.6. The number of ether oxygens (including phenoxy) is 1. The largest absolute Gasteiger partial charge is 0.508 e. The number of hydrogen-bond donors (Lipinski definition) is 2. The second-order valence-electron chi connectivity index (χ2n) is 4.86. The molecule has 2 aromatic rings. The summed E-state index contributed by atoms with van der Waals surface area (Å²) in [6.07, 6.45) is 1.62. The van der Waals surface area contributed by atoms with E-state index in [1.807, 2.05) is 12.1 Å². The van der Waals surface area contributed by atoms with Crippen molar-refractivity contribution in [3.05, 3.63) is 59.9 Å². The van der Waals surface area contributed by atoms with Crippen LogP contribution in [0.1, 0.15) is 12.0 Å². The van der Waals surface area contributed by atoms with E-state index in [4.69, 9.17) is 4.74 Å². The normalized spacial score (nSPS) is 10.2. The standard InChI is InChI=1S/C17H18FNO3/c18-14-5-9-16(10-6-14)22-12-17(21)19-11-1-2-13-3-7-15(20)8-4-13/h3-10,20H,1-2,11-12H2,(H,19,21). The fourth-order valence-corrected chi connectivity index (χ4v) is 1.91. The number of hydrogen-bond acceptors (Lipinski definition) is 3. The zero-order chi connectivity index (χ0) is 15.8. The summed E-state index contributed by atoms with van der Waals surface area (Å²) in [5.74, 6) is 0.150. The molecule has 2 aromatic carbocycles. The zero-order valence-electron chi connectivity index (χ0n) is 12.1. The number of phenolic OH excluding ortho intramolecular Hbond substituents is 1. The Morgan fingerprint density at radius 1 is 1.09 bits per heavy atom. The maximum Gasteiger partial charge on any atom is 0.257 e. The summed E-state index contributed by atoms with van der Waals surface area (Å²) in [6.45, 7) is 0.456. The number of carbonyl (C=O) groups is 1. The highest BCUT2D eigenvalue weighted by molar-refractivity contribution is 5.77. The van der Waals surface area contributed by atoms with Crippen LogP contribution in [0.5, 0.6) is 11.5 Å². The van der Waals surface area contributed by atoms with E-state index in [1.165, 1.54) is 24.3 Å². The van der Waals surface area contributed by atoms with Crippen LogP contribution in [0.2, 0.25) is 0 Å². The van der Waals surface area contributed by atoms with Crippen molar-refractivity contribution in [3.8, 4) is 11.5 Å². The van der Waals surface area contributed by atoms with Gasteiger partial charge in [-0.2, -0.15) is 0 Å². The molecule has 0 aliphatic carbocycles. The first-order valence-corrected chi connectivity index (χ1v) is 7.06. The van der Waals surface area contributed by atoms with Gasteiger partial charge in [0.25, 0.3) is 5.91 Å². The second kappa shape index (κ2) is 8.02. The molecule has 0 heterocycles. The molecule has 0 saturated heterocycles. The first kappa shape index (κ1) is 15.8. The Labute approximate surface area is 128 Å². The van der Waals surface area contributed by atoms with Crippen molar-refractivity contribution in [2.75, 3.05) is 13.2 Å². The number of phenols is 1. The molecule has 0 atom stereocenters. The zero-order valence-corrected chi connectivity index (χ0v) is 12.1. The maximum atomic E-state index is 12.7. The molecule has 0 unspecified atom stereocenters. The molecule has 2 rings (SSSR count). The fourth-order valence-electron chi connectivity index (χ4n) is 1.91. The molecule has 5 heteroatoms. The highest BCUT2D eigenvalue weighted by Crippen LogP contribution is 2.11. The first-order valence-electron chi connectivity index (χ1n) is 7.06. The highest BCUT2D eigenvalue weighted by atomic mass is 19.1. The average Bonchev–Trinajstić information content (AvgIpc) is 2.53. The Kier molecular flexibility index (Phi) is 5.77. The Hall–Kier alpha value is -2.56. The van der Waals surface area contributed by atoms with Gasteiger partial charge in [0.15, 0.2) is 6.61 Å². The van der Waals surface area contributed by atoms with Crippen LogP contribution in [-0.4, -0.2) is 24.2 Å². The fraction of sp³-hybridized carbons (Fsp3) is 0.235. The highest BCUT2D eigenvalue weighted by Gasteiger charge is 2.02. The molecule has 4 nitrogen and oxygen atoms in total. The number of aromatic hydroxyl groups is 1. The van der Waals surface area contributed by atoms with Crippen molar-refractivity contribution in [2.45, 2.75) is 12.8 Å². The summed E-state index contributed by atoms with van der Waals surface area (Å²) >= 11 is 0. The van der Waals surface area contributed by atoms with Crippen LogP contribution < -0.4 is 10.1 Å². The van der Waals surface area contributed by atoms with E-state index in [0.29, 0.717) is 12.3 Å². The van der Waals surface area contributed by atoms with Gasteiger partial charge < -0.3 is 15.2 Å². The molecular weight excluding hydrogens is 285 g/mol. The van der Waals surface area contributed by atoms with E-state index in [0.717, 1.165) is 18.4 Å². The van der Waals surface area contributed by atoms with Gasteiger partial charge in [-0.3, -0.25) is 4.79 Å². The van der Waals surface area contributed by atoms with Gasteiger partial charge in [0.05, 0.1) is 0 Å². The van der Waals surface area contributed by atoms with Crippen LogP contribution in [0.3, 0.4) is 0 Å². The van der Waals surface area contributed by atoms with Crippen LogP contribution in [0, 0.1) is 5.82 Å². The third kappa shape index (κ3) is 5.44. The van der Waals surface area contributed by atoms with E-state index < -0.39 is 0 Å². The molecular formula is C17H18FNO3. The smallest absolute Gasteiger partial charge is 0.257 e. The van der Waals surface area contributed by atoms with Gasteiger partial charge in [-0.25, -0.2) is 4.39 Å². The molecule has 0 radical (unpaired) electrons. The predicted octanol–water partition coefficient (Wildman–Crippen LogP) is 2.66. The summed E-state index contributed by atoms with van der Waals surface area (Å²) < 4.78 is 17.9. The van der Waals surface area contributed by atoms with Gasteiger partial charge in [0.1, 0.15) is 17.3 Å². The van der Waals surface area contributed by atoms with Crippen LogP contribution >= 0.6 is 0 Å². The summed E-state index contributed by atoms with van der Waals surface area (Å²) in [5, 5.41) is 11.9. The number of nitrogens with one attached hydrogen (secondary N) is 1. The number of halogens is 1. The van der Waals surface area contributed by atoms with Crippen molar-refractivity contribution < 1.29 is 19.0 Å². The number of carbonyl (C=O) groups excluding carboxylic acids is 1. The maximum absolute atomic E-state index is 12.7. The van der Waals surface area contributed by atoms with Crippen molar-refractivity contribution >= 4 is 5.91 Å². The number of rotatable bonds is 7. The summed E-state index contributed by atoms with van der Waals surface area (Å²) in [7, 11) is 0. The van der Waals surface area contributed by atoms with Crippen LogP contribution in [0.4, 0.5) is 4.39 Å². The average molecular weight is 303 g/mol. The Balaban J connectivity index is 1.61. The number of benzene rings is 2. The predicted molar refractivity (Wildman–Crippen MR) is 81.3 cm³/mol. The van der Waals surface area contributed by atoms with E-state index >= 15 is 0 Å². The molecule has 0 aliphatic rings. The second-order valence-corrected chi connectivity index (χ2v) is 4.86. The molecule has 0 bridgehead atoms. The van der Waals surface area contributed by atoms with Gasteiger partial charge in [-0.05, 0) is 54.8 Å². The van der Waals surface area contributed by atoms with Gasteiger partial charge in [0, 0.05) is 6.54 Å². The summed E-state index contributed by atoms with van der Waals surface area (Å²) in [4.78, 5) is 11.6. The van der Waals surface area contributed by atoms with E-state index in [1.54, 1.807) is 12.1 Å². The van der Waals surface area contributed by atoms with E-state index in [-0.39, 0.29) is 24.1 Å². The van der Waals surface area contributed by atoms with Gasteiger partial charge in [0.2, 0.25) is 0 Å². The lowest BCUT2D eigenvalue weighted by atomic mass is 10.1. The van der Waals surface area contributed by atoms with Gasteiger partial charge in [-0.15, -0.1) is 0 Å². The third-order valence-electron chi connectivity index (χ3n) is 3.08. The summed E-state index contributed by atoms with van der Waals surface area (Å²) in [5.41, 5.74) is 1.11. The van der Waals surface area contributed by atoms with Gasteiger partial charge in [-0.1, -0.05) is 12.1 Å². The SMILES string of the molecule is O=C(COc1ccc(F)cc1)NCCCc1ccc(O)cc1. The van der Waals surface area contributed by atoms with Crippen LogP contribution in [0.15, 0.2) is 48.5 Å². The van der Waals surface area contributed by atoms with Crippen LogP contribution in [-0.2, 0) is 11.2 Å². The molecule has 1 amide bonds. The lowest BCUT2D eigenvalue weighted by Gasteiger charge is -2.07. The lowest BCUT2D eigenvalue weighted by Crippen LogP contribution is -2.29. The topological polar surface area (TPSA) is 58.6 Å². The molecule has 0 aliphatic heterocycles. The molecule has 22 heavy (non-hydrogen) atoms. The van der Waals surface area contributed by atoms with Crippen molar-refractivity contribution in [1.82, 2.24) is 5.32 Å². The number of aryl methyl sites for hydroxylation is 1. The van der Waals surface area contributed by atoms with Crippen molar-refractivity contribution in [2.24, 2.45) is 0 Å². The number of amides is 1. The Morgan fingerprint density at radius 3 is 2.45 bits per heavy atom. The molecule has 2 N–H and O–H groups in total. The minimum Gasteiger partial charge on any atom is -0.508 e. The van der Waals surface area contributed by atoms with E-state index in [9.17, 15) is 14.3 Å². The monoisotopic (exact) mass is 303 g/mol. The Bertz CT molecular complexity index is 596. The lowest BCUT2D eigenvalue weighted by molar-refractivity contribution is -0.123. The molecule has 0 spiro atoms. The molecule has 116 valence electrons. The molecule has 0 aromatic heterocycles. The van der Waals surface area contributed by atoms with Crippen LogP contribution in [0.25, 0.3) is 0 Å². The minimum atomic E-state index is -0.342. The Morgan fingerprint density at radius 2 is 1.77 bits per heavy atom. The molecule has 0 fully saturated rings. The quantitative estimate of drug-likeness (QED) is 0.773. The summed E-state index contributed by atoms with van der Waals surface area (Å²) in [6, 6.07) is 12.5. The van der Waals surface area contributed by atoms with Crippen molar-refractivity contribution in [3.63, 3.8) is 0 Å². The van der Waals surface area contributed by atoms with Gasteiger partial charge >= 0.3 is 0 Å². The van der Waals surface area contributed by atoms with Crippen molar-refractivity contribution in [1.29, 1.82) is 0 Å². The minimum absolute atomic E-state index is 0.0924. The molecule has 0 saturated carbocycles.